The number of hydrogen-bond acceptors (Lipinski definition) is 5. The molecule has 0 radical (unpaired) electrons. The quantitative estimate of drug-likeness (QED) is 0.362. The Balaban J connectivity index is 0.000000235. The van der Waals surface area contributed by atoms with Crippen LogP contribution >= 0.6 is 0 Å². The highest BCUT2D eigenvalue weighted by Crippen LogP contribution is 2.39. The Hall–Kier alpha value is -2.54. The Morgan fingerprint density at radius 3 is 2.19 bits per heavy atom. The van der Waals surface area contributed by atoms with Crippen molar-refractivity contribution in [3.8, 4) is 11.5 Å². The molecule has 0 aliphatic carbocycles. The van der Waals surface area contributed by atoms with Crippen LogP contribution in [-0.4, -0.2) is 31.2 Å². The van der Waals surface area contributed by atoms with Gasteiger partial charge in [-0.05, 0) is 55.2 Å². The summed E-state index contributed by atoms with van der Waals surface area (Å²) in [4.78, 5) is 11.6. The predicted octanol–water partition coefficient (Wildman–Crippen LogP) is 6.14. The number of hydrogen-bond donors (Lipinski definition) is 2. The zero-order valence-corrected chi connectivity index (χ0v) is 19.8. The lowest BCUT2D eigenvalue weighted by molar-refractivity contribution is 0.0693. The van der Waals surface area contributed by atoms with E-state index in [2.05, 4.69) is 6.92 Å². The van der Waals surface area contributed by atoms with Crippen LogP contribution in [0.1, 0.15) is 82.0 Å². The highest BCUT2D eigenvalue weighted by atomic mass is 32.2. The van der Waals surface area contributed by atoms with Crippen molar-refractivity contribution < 1.29 is 28.2 Å². The molecule has 2 aliphatic rings. The highest BCUT2D eigenvalue weighted by molar-refractivity contribution is 8.00. The third kappa shape index (κ3) is 6.99. The van der Waals surface area contributed by atoms with E-state index in [-0.39, 0.29) is 11.3 Å². The smallest absolute Gasteiger partial charge is 0.339 e. The fourth-order valence-corrected chi connectivity index (χ4v) is 5.13. The molecule has 0 aromatic heterocycles. The van der Waals surface area contributed by atoms with E-state index in [1.807, 2.05) is 13.0 Å². The fourth-order valence-electron chi connectivity index (χ4n) is 3.58. The van der Waals surface area contributed by atoms with Crippen LogP contribution in [0.2, 0.25) is 0 Å². The van der Waals surface area contributed by atoms with Gasteiger partial charge in [-0.2, -0.15) is 0 Å². The maximum absolute atomic E-state index is 11.8. The number of carbonyl (C=O) groups is 1. The summed E-state index contributed by atoms with van der Waals surface area (Å²) in [7, 11) is -3.07. The molecule has 1 aromatic rings. The Morgan fingerprint density at radius 1 is 0.969 bits per heavy atom. The second-order valence-corrected chi connectivity index (χ2v) is 9.89. The number of benzene rings is 1. The highest BCUT2D eigenvalue weighted by Gasteiger charge is 2.33. The number of sulfone groups is 1. The van der Waals surface area contributed by atoms with Crippen molar-refractivity contribution >= 4 is 15.8 Å². The van der Waals surface area contributed by atoms with Gasteiger partial charge in [0, 0.05) is 6.07 Å². The summed E-state index contributed by atoms with van der Waals surface area (Å²) in [5.74, 6) is -0.940. The molecule has 0 spiro atoms. The van der Waals surface area contributed by atoms with Gasteiger partial charge in [0.15, 0.2) is 0 Å². The predicted molar refractivity (Wildman–Crippen MR) is 127 cm³/mol. The van der Waals surface area contributed by atoms with E-state index in [1.54, 1.807) is 12.2 Å². The van der Waals surface area contributed by atoms with E-state index in [0.29, 0.717) is 22.2 Å². The third-order valence-corrected chi connectivity index (χ3v) is 7.21. The number of aromatic hydroxyl groups is 1. The van der Waals surface area contributed by atoms with Gasteiger partial charge in [0.1, 0.15) is 17.1 Å². The number of aromatic carboxylic acids is 1. The topological polar surface area (TPSA) is 101 Å². The first kappa shape index (κ1) is 25.7. The van der Waals surface area contributed by atoms with Gasteiger partial charge in [0.25, 0.3) is 0 Å². The zero-order valence-electron chi connectivity index (χ0n) is 19.0. The molecule has 2 N–H and O–H groups in total. The molecule has 2 aliphatic heterocycles. The lowest BCUT2D eigenvalue weighted by Gasteiger charge is -2.05. The molecule has 3 rings (SSSR count). The standard InChI is InChI=1S/C15H22O2S.C10H12O4/c1-2-3-4-5-6-7-8-9-13-12-14-10-11-15(13)18(14,16)17;1-2-5-14-7-3-4-8(10(12)13)9(11)6-7/h10-12H,2-9H2,1H3;3-4,6,11H,2,5H2,1H3,(H,12,13). The van der Waals surface area contributed by atoms with Crippen LogP contribution in [0.25, 0.3) is 0 Å². The molecule has 2 bridgehead atoms. The number of carboxylic acids is 1. The van der Waals surface area contributed by atoms with Crippen LogP contribution < -0.4 is 4.74 Å². The Labute approximate surface area is 191 Å². The lowest BCUT2D eigenvalue weighted by Crippen LogP contribution is -1.98. The summed E-state index contributed by atoms with van der Waals surface area (Å²) < 4.78 is 28.8. The molecule has 7 heteroatoms. The van der Waals surface area contributed by atoms with E-state index in [0.717, 1.165) is 24.8 Å². The molecule has 1 aromatic carbocycles. The normalized spacial score (nSPS) is 15.4. The van der Waals surface area contributed by atoms with Crippen LogP contribution in [0.4, 0.5) is 0 Å². The van der Waals surface area contributed by atoms with Gasteiger partial charge in [-0.1, -0.05) is 52.4 Å². The molecular formula is C25H34O6S. The van der Waals surface area contributed by atoms with Crippen molar-refractivity contribution in [3.63, 3.8) is 0 Å². The van der Waals surface area contributed by atoms with Crippen molar-refractivity contribution in [2.24, 2.45) is 0 Å². The number of carboxylic acid groups (broad SMARTS) is 1. The van der Waals surface area contributed by atoms with Crippen molar-refractivity contribution in [1.82, 2.24) is 0 Å². The molecule has 0 amide bonds. The number of allylic oxidation sites excluding steroid dienone is 4. The molecule has 0 unspecified atom stereocenters. The van der Waals surface area contributed by atoms with Crippen molar-refractivity contribution in [1.29, 1.82) is 0 Å². The fraction of sp³-hybridized carbons (Fsp3) is 0.480. The number of fused-ring (bicyclic) bond motifs is 2. The Bertz CT molecular complexity index is 986. The zero-order chi connectivity index (χ0) is 23.6. The second-order valence-electron chi connectivity index (χ2n) is 7.98. The molecule has 0 atom stereocenters. The summed E-state index contributed by atoms with van der Waals surface area (Å²) in [6, 6.07) is 4.15. The lowest BCUT2D eigenvalue weighted by atomic mass is 10.0. The number of unbranched alkanes of at least 4 members (excludes halogenated alkanes) is 6. The van der Waals surface area contributed by atoms with E-state index < -0.39 is 15.8 Å². The van der Waals surface area contributed by atoms with Crippen LogP contribution in [-0.2, 0) is 9.84 Å². The summed E-state index contributed by atoms with van der Waals surface area (Å²) in [5, 5.41) is 17.9. The Kier molecular flexibility index (Phi) is 10.0. The maximum Gasteiger partial charge on any atom is 0.339 e. The van der Waals surface area contributed by atoms with Gasteiger partial charge >= 0.3 is 5.97 Å². The minimum Gasteiger partial charge on any atom is -0.507 e. The number of phenols is 1. The average molecular weight is 463 g/mol. The first-order valence-corrected chi connectivity index (χ1v) is 12.9. The van der Waals surface area contributed by atoms with Gasteiger partial charge in [-0.15, -0.1) is 0 Å². The molecular weight excluding hydrogens is 428 g/mol. The summed E-state index contributed by atoms with van der Waals surface area (Å²) in [6.07, 6.45) is 16.0. The minimum absolute atomic E-state index is 0.117. The summed E-state index contributed by atoms with van der Waals surface area (Å²) in [6.45, 7) is 4.74. The average Bonchev–Trinajstić information content (AvgIpc) is 3.18. The van der Waals surface area contributed by atoms with E-state index in [4.69, 9.17) is 9.84 Å². The molecule has 2 heterocycles. The maximum atomic E-state index is 11.8. The first-order valence-electron chi connectivity index (χ1n) is 11.4. The number of ether oxygens (including phenoxy) is 1. The van der Waals surface area contributed by atoms with Crippen LogP contribution in [0.5, 0.6) is 11.5 Å². The van der Waals surface area contributed by atoms with Gasteiger partial charge < -0.3 is 14.9 Å². The monoisotopic (exact) mass is 462 g/mol. The van der Waals surface area contributed by atoms with E-state index in [9.17, 15) is 18.3 Å². The molecule has 176 valence electrons. The van der Waals surface area contributed by atoms with Crippen LogP contribution in [0.3, 0.4) is 0 Å². The van der Waals surface area contributed by atoms with Crippen molar-refractivity contribution in [2.75, 3.05) is 6.61 Å². The van der Waals surface area contributed by atoms with Crippen LogP contribution in [0, 0.1) is 0 Å². The summed E-state index contributed by atoms with van der Waals surface area (Å²) >= 11 is 0. The molecule has 6 nitrogen and oxygen atoms in total. The molecule has 0 saturated heterocycles. The molecule has 0 fully saturated rings. The van der Waals surface area contributed by atoms with Crippen LogP contribution in [0.15, 0.2) is 51.8 Å². The van der Waals surface area contributed by atoms with E-state index >= 15 is 0 Å². The van der Waals surface area contributed by atoms with Gasteiger partial charge in [0.05, 0.1) is 16.4 Å². The first-order chi connectivity index (χ1) is 15.3. The van der Waals surface area contributed by atoms with Crippen molar-refractivity contribution in [2.45, 2.75) is 71.6 Å². The molecule has 0 saturated carbocycles. The second kappa shape index (κ2) is 12.5. The van der Waals surface area contributed by atoms with Gasteiger partial charge in [-0.25, -0.2) is 13.2 Å². The Morgan fingerprint density at radius 2 is 1.66 bits per heavy atom. The molecule has 32 heavy (non-hydrogen) atoms. The minimum atomic E-state index is -3.07. The number of rotatable bonds is 12. The SMILES string of the molecule is CCCCCCCCCC1=C2C=CC(=C1)S2(=O)=O.CCCOc1ccc(C(=O)O)c(O)c1. The summed E-state index contributed by atoms with van der Waals surface area (Å²) in [5.41, 5.74) is 0.912. The van der Waals surface area contributed by atoms with E-state index in [1.165, 1.54) is 56.7 Å². The van der Waals surface area contributed by atoms with Gasteiger partial charge in [0.2, 0.25) is 9.84 Å². The van der Waals surface area contributed by atoms with Gasteiger partial charge in [-0.3, -0.25) is 0 Å². The van der Waals surface area contributed by atoms with Crippen molar-refractivity contribution in [3.05, 3.63) is 57.4 Å². The third-order valence-electron chi connectivity index (χ3n) is 5.35. The largest absolute Gasteiger partial charge is 0.507 e.